The van der Waals surface area contributed by atoms with E-state index >= 15 is 0 Å². The highest BCUT2D eigenvalue weighted by Gasteiger charge is 2.18. The molecule has 0 unspecified atom stereocenters. The lowest BCUT2D eigenvalue weighted by molar-refractivity contribution is 0.579. The van der Waals surface area contributed by atoms with Gasteiger partial charge < -0.3 is 9.88 Å². The van der Waals surface area contributed by atoms with Gasteiger partial charge in [0.25, 0.3) is 0 Å². The molecule has 122 valence electrons. The van der Waals surface area contributed by atoms with Crippen molar-refractivity contribution in [2.75, 3.05) is 18.0 Å². The van der Waals surface area contributed by atoms with Crippen molar-refractivity contribution >= 4 is 27.6 Å². The zero-order chi connectivity index (χ0) is 15.9. The number of hydrogen-bond donors (Lipinski definition) is 2. The second-order valence-electron chi connectivity index (χ2n) is 6.48. The van der Waals surface area contributed by atoms with Crippen molar-refractivity contribution in [3.63, 3.8) is 0 Å². The Balaban J connectivity index is 0.00000157. The maximum Gasteiger partial charge on any atom is 0.139 e. The summed E-state index contributed by atoms with van der Waals surface area (Å²) in [6.45, 7) is 2.26. The number of benzene rings is 1. The minimum atomic E-state index is 0. The van der Waals surface area contributed by atoms with Crippen LogP contribution in [0.2, 0.25) is 0 Å². The fourth-order valence-corrected chi connectivity index (χ4v) is 3.78. The van der Waals surface area contributed by atoms with E-state index in [-0.39, 0.29) is 1.43 Å². The number of rotatable bonds is 2. The molecule has 1 fully saturated rings. The third-order valence-electron chi connectivity index (χ3n) is 5.00. The topological polar surface area (TPSA) is 60.6 Å². The Morgan fingerprint density at radius 1 is 1.08 bits per heavy atom. The van der Waals surface area contributed by atoms with Crippen LogP contribution >= 0.6 is 0 Å². The average molecular weight is 319 g/mol. The van der Waals surface area contributed by atoms with Crippen LogP contribution in [0, 0.1) is 0 Å². The molecule has 24 heavy (non-hydrogen) atoms. The summed E-state index contributed by atoms with van der Waals surface area (Å²) in [5.41, 5.74) is 5.72. The monoisotopic (exact) mass is 319 g/mol. The van der Waals surface area contributed by atoms with E-state index in [9.17, 15) is 0 Å². The van der Waals surface area contributed by atoms with Crippen LogP contribution in [0.3, 0.4) is 0 Å². The molecule has 0 saturated carbocycles. The summed E-state index contributed by atoms with van der Waals surface area (Å²) in [6, 6.07) is 8.58. The first-order valence-electron chi connectivity index (χ1n) is 8.55. The molecule has 0 atom stereocenters. The fraction of sp³-hybridized carbons (Fsp3) is 0.263. The van der Waals surface area contributed by atoms with E-state index in [4.69, 9.17) is 0 Å². The van der Waals surface area contributed by atoms with Crippen molar-refractivity contribution in [2.45, 2.75) is 19.3 Å². The number of aromatic nitrogens is 4. The van der Waals surface area contributed by atoms with E-state index < -0.39 is 0 Å². The highest BCUT2D eigenvalue weighted by molar-refractivity contribution is 6.03. The summed E-state index contributed by atoms with van der Waals surface area (Å²) in [7, 11) is 0. The highest BCUT2D eigenvalue weighted by Crippen LogP contribution is 2.36. The van der Waals surface area contributed by atoms with E-state index in [1.807, 2.05) is 12.4 Å². The summed E-state index contributed by atoms with van der Waals surface area (Å²) in [5, 5.41) is 9.49. The van der Waals surface area contributed by atoms with Crippen LogP contribution in [0.25, 0.3) is 33.1 Å². The molecular formula is C19H21N5. The largest absolute Gasteiger partial charge is 0.371 e. The maximum atomic E-state index is 4.53. The minimum Gasteiger partial charge on any atom is -0.371 e. The number of H-pyrrole nitrogens is 2. The second-order valence-corrected chi connectivity index (χ2v) is 6.48. The van der Waals surface area contributed by atoms with Crippen LogP contribution in [-0.4, -0.2) is 33.3 Å². The summed E-state index contributed by atoms with van der Waals surface area (Å²) in [6.07, 6.45) is 9.73. The number of piperidine rings is 1. The van der Waals surface area contributed by atoms with Gasteiger partial charge in [0.15, 0.2) is 0 Å². The Kier molecular flexibility index (Phi) is 3.04. The van der Waals surface area contributed by atoms with Crippen LogP contribution < -0.4 is 4.90 Å². The Hall–Kier alpha value is -2.82. The number of fused-ring (bicyclic) bond motifs is 2. The van der Waals surface area contributed by atoms with Crippen molar-refractivity contribution in [3.05, 3.63) is 42.9 Å². The molecule has 5 nitrogen and oxygen atoms in total. The van der Waals surface area contributed by atoms with Gasteiger partial charge in [-0.1, -0.05) is 6.07 Å². The molecule has 5 rings (SSSR count). The average Bonchev–Trinajstić information content (AvgIpc) is 3.28. The van der Waals surface area contributed by atoms with Gasteiger partial charge in [-0.3, -0.25) is 5.10 Å². The number of nitrogens with zero attached hydrogens (tertiary/aromatic N) is 3. The lowest BCUT2D eigenvalue weighted by Gasteiger charge is -2.29. The van der Waals surface area contributed by atoms with Crippen LogP contribution in [0.4, 0.5) is 5.69 Å². The summed E-state index contributed by atoms with van der Waals surface area (Å²) in [5.74, 6) is 0. The lowest BCUT2D eigenvalue weighted by Crippen LogP contribution is -2.29. The molecule has 2 N–H and O–H groups in total. The van der Waals surface area contributed by atoms with Crippen molar-refractivity contribution in [1.29, 1.82) is 0 Å². The Bertz CT molecular complexity index is 1010. The van der Waals surface area contributed by atoms with Crippen molar-refractivity contribution < 1.29 is 1.43 Å². The number of pyridine rings is 1. The predicted molar refractivity (Wildman–Crippen MR) is 99.4 cm³/mol. The third kappa shape index (κ3) is 2.08. The van der Waals surface area contributed by atoms with E-state index in [2.05, 4.69) is 55.5 Å². The quantitative estimate of drug-likeness (QED) is 0.577. The number of nitrogens with one attached hydrogen (secondary N) is 2. The summed E-state index contributed by atoms with van der Waals surface area (Å²) < 4.78 is 0. The molecule has 0 aliphatic carbocycles. The van der Waals surface area contributed by atoms with Gasteiger partial charge in [0.1, 0.15) is 5.65 Å². The lowest BCUT2D eigenvalue weighted by atomic mass is 10.0. The molecule has 4 aromatic rings. The molecule has 0 bridgehead atoms. The SMILES string of the molecule is [HH].c1cc(N2CCCCC2)c2c(-c3ccc4[nH]ncc4c3)c[nH]c2n1. The van der Waals surface area contributed by atoms with E-state index in [1.54, 1.807) is 0 Å². The van der Waals surface area contributed by atoms with Gasteiger partial charge in [-0.2, -0.15) is 5.10 Å². The third-order valence-corrected chi connectivity index (χ3v) is 5.00. The zero-order valence-electron chi connectivity index (χ0n) is 13.4. The molecule has 0 radical (unpaired) electrons. The molecule has 1 aliphatic rings. The molecule has 1 aromatic carbocycles. The van der Waals surface area contributed by atoms with Crippen molar-refractivity contribution in [1.82, 2.24) is 20.2 Å². The van der Waals surface area contributed by atoms with Crippen LogP contribution in [0.15, 0.2) is 42.9 Å². The first-order chi connectivity index (χ1) is 11.9. The van der Waals surface area contributed by atoms with Crippen LogP contribution in [-0.2, 0) is 0 Å². The maximum absolute atomic E-state index is 4.53. The van der Waals surface area contributed by atoms with Crippen molar-refractivity contribution in [3.8, 4) is 11.1 Å². The molecule has 5 heteroatoms. The summed E-state index contributed by atoms with van der Waals surface area (Å²) in [4.78, 5) is 10.4. The Morgan fingerprint density at radius 3 is 2.92 bits per heavy atom. The molecule has 0 spiro atoms. The van der Waals surface area contributed by atoms with Gasteiger partial charge >= 0.3 is 0 Å². The highest BCUT2D eigenvalue weighted by atomic mass is 15.1. The molecule has 3 aromatic heterocycles. The fourth-order valence-electron chi connectivity index (χ4n) is 3.78. The number of hydrogen-bond acceptors (Lipinski definition) is 3. The van der Waals surface area contributed by atoms with Crippen LogP contribution in [0.5, 0.6) is 0 Å². The molecule has 4 heterocycles. The zero-order valence-corrected chi connectivity index (χ0v) is 13.4. The normalized spacial score (nSPS) is 15.4. The first kappa shape index (κ1) is 13.6. The second kappa shape index (κ2) is 5.37. The number of anilines is 1. The summed E-state index contributed by atoms with van der Waals surface area (Å²) >= 11 is 0. The van der Waals surface area contributed by atoms with Gasteiger partial charge in [-0.25, -0.2) is 4.98 Å². The van der Waals surface area contributed by atoms with Crippen LogP contribution in [0.1, 0.15) is 20.7 Å². The van der Waals surface area contributed by atoms with E-state index in [0.29, 0.717) is 0 Å². The van der Waals surface area contributed by atoms with Gasteiger partial charge in [0.05, 0.1) is 11.7 Å². The Morgan fingerprint density at radius 2 is 2.00 bits per heavy atom. The van der Waals surface area contributed by atoms with Gasteiger partial charge in [0.2, 0.25) is 0 Å². The number of aromatic amines is 2. The van der Waals surface area contributed by atoms with Crippen molar-refractivity contribution in [2.24, 2.45) is 0 Å². The van der Waals surface area contributed by atoms with E-state index in [1.165, 1.54) is 41.5 Å². The van der Waals surface area contributed by atoms with Gasteiger partial charge in [-0.15, -0.1) is 0 Å². The van der Waals surface area contributed by atoms with Gasteiger partial charge in [0, 0.05) is 48.9 Å². The standard InChI is InChI=1S/C19H19N5.H2/c1-2-8-24(9-3-1)17-6-7-20-19-18(17)15(12-21-19)13-4-5-16-14(10-13)11-22-23-16;/h4-7,10-12H,1-3,8-9H2,(H,20,21)(H,22,23);1H. The first-order valence-corrected chi connectivity index (χ1v) is 8.55. The predicted octanol–water partition coefficient (Wildman–Crippen LogP) is 4.34. The minimum absolute atomic E-state index is 0. The Labute approximate surface area is 141 Å². The molecule has 0 amide bonds. The smallest absolute Gasteiger partial charge is 0.139 e. The van der Waals surface area contributed by atoms with E-state index in [0.717, 1.165) is 29.6 Å². The molecule has 1 saturated heterocycles. The molecule has 1 aliphatic heterocycles. The van der Waals surface area contributed by atoms with Gasteiger partial charge in [-0.05, 0) is 43.0 Å². The molecular weight excluding hydrogens is 298 g/mol.